The zero-order valence-corrected chi connectivity index (χ0v) is 17.2. The number of ether oxygens (including phenoxy) is 1. The molecule has 2 aliphatic rings. The summed E-state index contributed by atoms with van der Waals surface area (Å²) in [6.45, 7) is 1.82. The van der Waals surface area contributed by atoms with Crippen LogP contribution in [0.25, 0.3) is 0 Å². The van der Waals surface area contributed by atoms with Gasteiger partial charge in [0.1, 0.15) is 0 Å². The zero-order chi connectivity index (χ0) is 19.9. The highest BCUT2D eigenvalue weighted by Gasteiger charge is 2.32. The highest BCUT2D eigenvalue weighted by atomic mass is 19.2. The Hall–Kier alpha value is -1.19. The highest BCUT2D eigenvalue weighted by molar-refractivity contribution is 5.33. The Kier molecular flexibility index (Phi) is 8.11. The molecule has 0 bridgehead atoms. The van der Waals surface area contributed by atoms with Crippen LogP contribution >= 0.6 is 0 Å². The van der Waals surface area contributed by atoms with Crippen molar-refractivity contribution in [3.05, 3.63) is 29.3 Å². The SMILES string of the molecule is CCCC1CCC(C2CCC(c3ccc(OCCCF)c(F)c3F)CC2)CC1. The first kappa shape index (κ1) is 21.5. The summed E-state index contributed by atoms with van der Waals surface area (Å²) in [5, 5.41) is 0. The van der Waals surface area contributed by atoms with E-state index in [-0.39, 0.29) is 24.7 Å². The van der Waals surface area contributed by atoms with Gasteiger partial charge in [0, 0.05) is 6.42 Å². The van der Waals surface area contributed by atoms with Crippen LogP contribution in [0.1, 0.15) is 89.0 Å². The average Bonchev–Trinajstić information content (AvgIpc) is 2.72. The summed E-state index contributed by atoms with van der Waals surface area (Å²) < 4.78 is 46.2. The molecule has 0 saturated heterocycles. The fourth-order valence-electron chi connectivity index (χ4n) is 5.47. The zero-order valence-electron chi connectivity index (χ0n) is 17.2. The molecular weight excluding hydrogens is 361 g/mol. The second-order valence-electron chi connectivity index (χ2n) is 8.85. The van der Waals surface area contributed by atoms with Gasteiger partial charge in [-0.2, -0.15) is 4.39 Å². The molecule has 1 nitrogen and oxygen atoms in total. The number of alkyl halides is 1. The van der Waals surface area contributed by atoms with Gasteiger partial charge in [0.25, 0.3) is 0 Å². The molecule has 0 amide bonds. The molecule has 0 radical (unpaired) electrons. The van der Waals surface area contributed by atoms with E-state index in [9.17, 15) is 13.2 Å². The van der Waals surface area contributed by atoms with Crippen molar-refractivity contribution in [2.45, 2.75) is 83.5 Å². The van der Waals surface area contributed by atoms with Crippen LogP contribution in [-0.2, 0) is 0 Å². The first-order valence-corrected chi connectivity index (χ1v) is 11.3. The maximum atomic E-state index is 14.6. The van der Waals surface area contributed by atoms with E-state index < -0.39 is 18.3 Å². The maximum absolute atomic E-state index is 14.6. The number of benzene rings is 1. The minimum absolute atomic E-state index is 0.0673. The van der Waals surface area contributed by atoms with Gasteiger partial charge in [-0.05, 0) is 73.8 Å². The minimum Gasteiger partial charge on any atom is -0.490 e. The van der Waals surface area contributed by atoms with E-state index in [1.54, 1.807) is 6.07 Å². The molecule has 4 heteroatoms. The molecule has 0 spiro atoms. The molecule has 0 aromatic heterocycles. The molecule has 0 heterocycles. The van der Waals surface area contributed by atoms with Crippen molar-refractivity contribution in [1.82, 2.24) is 0 Å². The molecule has 0 atom stereocenters. The lowest BCUT2D eigenvalue weighted by molar-refractivity contribution is 0.155. The lowest BCUT2D eigenvalue weighted by Gasteiger charge is -2.38. The van der Waals surface area contributed by atoms with Crippen molar-refractivity contribution in [1.29, 1.82) is 0 Å². The highest BCUT2D eigenvalue weighted by Crippen LogP contribution is 2.45. The van der Waals surface area contributed by atoms with Crippen molar-refractivity contribution < 1.29 is 17.9 Å². The standard InChI is InChI=1S/C24H35F3O/c1-2-4-17-5-7-18(8-6-17)19-9-11-20(12-10-19)21-13-14-22(24(27)23(21)26)28-16-3-15-25/h13-14,17-20H,2-12,15-16H2,1H3. The molecule has 1 aromatic rings. The van der Waals surface area contributed by atoms with E-state index in [4.69, 9.17) is 4.74 Å². The molecular formula is C24H35F3O. The molecule has 158 valence electrons. The molecule has 2 saturated carbocycles. The molecule has 28 heavy (non-hydrogen) atoms. The minimum atomic E-state index is -0.923. The number of hydrogen-bond donors (Lipinski definition) is 0. The van der Waals surface area contributed by atoms with Crippen molar-refractivity contribution >= 4 is 0 Å². The van der Waals surface area contributed by atoms with E-state index in [2.05, 4.69) is 6.92 Å². The van der Waals surface area contributed by atoms with E-state index in [1.807, 2.05) is 0 Å². The van der Waals surface area contributed by atoms with Crippen LogP contribution < -0.4 is 4.74 Å². The Labute approximate surface area is 168 Å². The molecule has 1 aromatic carbocycles. The third-order valence-electron chi connectivity index (χ3n) is 7.08. The maximum Gasteiger partial charge on any atom is 0.200 e. The topological polar surface area (TPSA) is 9.23 Å². The first-order chi connectivity index (χ1) is 13.6. The Morgan fingerprint density at radius 2 is 1.54 bits per heavy atom. The fraction of sp³-hybridized carbons (Fsp3) is 0.750. The molecule has 0 N–H and O–H groups in total. The van der Waals surface area contributed by atoms with Gasteiger partial charge in [-0.15, -0.1) is 0 Å². The summed E-state index contributed by atoms with van der Waals surface area (Å²) in [5.74, 6) is 0.820. The first-order valence-electron chi connectivity index (χ1n) is 11.3. The Morgan fingerprint density at radius 3 is 2.14 bits per heavy atom. The van der Waals surface area contributed by atoms with Gasteiger partial charge in [-0.25, -0.2) is 4.39 Å². The van der Waals surface area contributed by atoms with Crippen LogP contribution in [0.15, 0.2) is 12.1 Å². The van der Waals surface area contributed by atoms with Crippen LogP contribution in [0.3, 0.4) is 0 Å². The molecule has 0 unspecified atom stereocenters. The van der Waals surface area contributed by atoms with Crippen molar-refractivity contribution in [2.24, 2.45) is 17.8 Å². The van der Waals surface area contributed by atoms with Crippen LogP contribution in [0, 0.1) is 29.4 Å². The third-order valence-corrected chi connectivity index (χ3v) is 7.08. The normalized spacial score (nSPS) is 28.3. The Balaban J connectivity index is 1.53. The van der Waals surface area contributed by atoms with Crippen LogP contribution in [0.5, 0.6) is 5.75 Å². The lowest BCUT2D eigenvalue weighted by Crippen LogP contribution is -2.25. The number of halogens is 3. The van der Waals surface area contributed by atoms with Crippen molar-refractivity contribution in [3.8, 4) is 5.75 Å². The third kappa shape index (κ3) is 5.24. The second-order valence-corrected chi connectivity index (χ2v) is 8.85. The summed E-state index contributed by atoms with van der Waals surface area (Å²) in [6, 6.07) is 3.18. The van der Waals surface area contributed by atoms with Crippen LogP contribution in [-0.4, -0.2) is 13.3 Å². The predicted octanol–water partition coefficient (Wildman–Crippen LogP) is 7.58. The number of hydrogen-bond acceptors (Lipinski definition) is 1. The second kappa shape index (κ2) is 10.5. The fourth-order valence-corrected chi connectivity index (χ4v) is 5.47. The summed E-state index contributed by atoms with van der Waals surface area (Å²) in [7, 11) is 0. The molecule has 0 aliphatic heterocycles. The van der Waals surface area contributed by atoms with E-state index >= 15 is 0 Å². The van der Waals surface area contributed by atoms with Gasteiger partial charge in [-0.3, -0.25) is 4.39 Å². The average molecular weight is 397 g/mol. The van der Waals surface area contributed by atoms with Crippen molar-refractivity contribution in [2.75, 3.05) is 13.3 Å². The molecule has 2 aliphatic carbocycles. The van der Waals surface area contributed by atoms with Gasteiger partial charge >= 0.3 is 0 Å². The van der Waals surface area contributed by atoms with Gasteiger partial charge in [0.15, 0.2) is 11.6 Å². The molecule has 2 fully saturated rings. The van der Waals surface area contributed by atoms with Gasteiger partial charge in [0.2, 0.25) is 5.82 Å². The number of rotatable bonds is 8. The Bertz CT molecular complexity index is 602. The van der Waals surface area contributed by atoms with E-state index in [1.165, 1.54) is 44.6 Å². The summed E-state index contributed by atoms with van der Waals surface area (Å²) in [6.07, 6.45) is 12.5. The quantitative estimate of drug-likeness (QED) is 0.411. The van der Waals surface area contributed by atoms with Gasteiger partial charge in [-0.1, -0.05) is 38.7 Å². The smallest absolute Gasteiger partial charge is 0.200 e. The van der Waals surface area contributed by atoms with Gasteiger partial charge in [0.05, 0.1) is 13.3 Å². The van der Waals surface area contributed by atoms with E-state index in [0.717, 1.165) is 43.4 Å². The molecule has 3 rings (SSSR count). The van der Waals surface area contributed by atoms with Crippen LogP contribution in [0.2, 0.25) is 0 Å². The summed E-state index contributed by atoms with van der Waals surface area (Å²) in [4.78, 5) is 0. The lowest BCUT2D eigenvalue weighted by atomic mass is 9.68. The van der Waals surface area contributed by atoms with Crippen LogP contribution in [0.4, 0.5) is 13.2 Å². The van der Waals surface area contributed by atoms with Crippen molar-refractivity contribution in [3.63, 3.8) is 0 Å². The predicted molar refractivity (Wildman–Crippen MR) is 108 cm³/mol. The van der Waals surface area contributed by atoms with Gasteiger partial charge < -0.3 is 4.74 Å². The van der Waals surface area contributed by atoms with E-state index in [0.29, 0.717) is 5.56 Å². The monoisotopic (exact) mass is 396 g/mol. The Morgan fingerprint density at radius 1 is 0.893 bits per heavy atom. The summed E-state index contributed by atoms with van der Waals surface area (Å²) >= 11 is 0. The summed E-state index contributed by atoms with van der Waals surface area (Å²) in [5.41, 5.74) is 0.487. The largest absolute Gasteiger partial charge is 0.490 e.